The molecule has 0 aliphatic heterocycles. The van der Waals surface area contributed by atoms with E-state index < -0.39 is 11.7 Å². The Morgan fingerprint density at radius 2 is 1.77 bits per heavy atom. The van der Waals surface area contributed by atoms with Crippen LogP contribution in [-0.4, -0.2) is 16.7 Å². The largest absolute Gasteiger partial charge is 0.416 e. The molecule has 0 saturated carbocycles. The van der Waals surface area contributed by atoms with Crippen LogP contribution >= 0.6 is 0 Å². The lowest BCUT2D eigenvalue weighted by molar-refractivity contribution is -0.137. The van der Waals surface area contributed by atoms with E-state index in [0.717, 1.165) is 18.6 Å². The van der Waals surface area contributed by atoms with Gasteiger partial charge in [0, 0.05) is 17.8 Å². The Labute approximate surface area is 149 Å². The highest BCUT2D eigenvalue weighted by Gasteiger charge is 2.30. The van der Waals surface area contributed by atoms with Gasteiger partial charge in [-0.3, -0.25) is 9.59 Å². The molecular formula is C19H21F3N2O2. The average molecular weight is 366 g/mol. The first kappa shape index (κ1) is 19.8. The maximum absolute atomic E-state index is 12.6. The molecule has 2 N–H and O–H groups in total. The van der Waals surface area contributed by atoms with Crippen molar-refractivity contribution in [2.24, 2.45) is 0 Å². The van der Waals surface area contributed by atoms with Crippen molar-refractivity contribution in [2.75, 3.05) is 0 Å². The molecule has 0 bridgehead atoms. The zero-order chi connectivity index (χ0) is 19.5. The van der Waals surface area contributed by atoms with Gasteiger partial charge < -0.3 is 10.3 Å². The zero-order valence-electron chi connectivity index (χ0n) is 14.9. The SMILES string of the molecule is CCCc1c(C(=O)NCc2ccc(C(F)(F)F)cc2)[nH]c(C)c1C(C)=O. The predicted octanol–water partition coefficient (Wildman–Crippen LogP) is 4.43. The summed E-state index contributed by atoms with van der Waals surface area (Å²) in [4.78, 5) is 27.3. The highest BCUT2D eigenvalue weighted by atomic mass is 19.4. The lowest BCUT2D eigenvalue weighted by Gasteiger charge is -2.09. The van der Waals surface area contributed by atoms with E-state index in [4.69, 9.17) is 0 Å². The van der Waals surface area contributed by atoms with Crippen LogP contribution < -0.4 is 5.32 Å². The van der Waals surface area contributed by atoms with Crippen LogP contribution in [0.1, 0.15) is 63.5 Å². The quantitative estimate of drug-likeness (QED) is 0.743. The minimum Gasteiger partial charge on any atom is -0.354 e. The van der Waals surface area contributed by atoms with E-state index in [-0.39, 0.29) is 18.2 Å². The monoisotopic (exact) mass is 366 g/mol. The summed E-state index contributed by atoms with van der Waals surface area (Å²) in [5.41, 5.74) is 2.01. The van der Waals surface area contributed by atoms with E-state index in [1.54, 1.807) is 6.92 Å². The summed E-state index contributed by atoms with van der Waals surface area (Å²) in [7, 11) is 0. The van der Waals surface area contributed by atoms with Crippen molar-refractivity contribution in [3.63, 3.8) is 0 Å². The van der Waals surface area contributed by atoms with Crippen LogP contribution in [0.5, 0.6) is 0 Å². The van der Waals surface area contributed by atoms with Crippen molar-refractivity contribution in [2.45, 2.75) is 46.3 Å². The van der Waals surface area contributed by atoms with Crippen LogP contribution in [0, 0.1) is 6.92 Å². The Morgan fingerprint density at radius 3 is 2.27 bits per heavy atom. The number of rotatable bonds is 6. The van der Waals surface area contributed by atoms with E-state index in [2.05, 4.69) is 10.3 Å². The number of nitrogens with one attached hydrogen (secondary N) is 2. The molecule has 140 valence electrons. The fourth-order valence-corrected chi connectivity index (χ4v) is 2.93. The van der Waals surface area contributed by atoms with Crippen molar-refractivity contribution in [3.05, 3.63) is 57.9 Å². The smallest absolute Gasteiger partial charge is 0.354 e. The molecule has 1 amide bonds. The van der Waals surface area contributed by atoms with Gasteiger partial charge >= 0.3 is 6.18 Å². The third-order valence-electron chi connectivity index (χ3n) is 4.10. The number of aromatic amines is 1. The number of hydrogen-bond acceptors (Lipinski definition) is 2. The first-order valence-corrected chi connectivity index (χ1v) is 8.31. The van der Waals surface area contributed by atoms with Crippen LogP contribution in [0.25, 0.3) is 0 Å². The van der Waals surface area contributed by atoms with Crippen molar-refractivity contribution in [3.8, 4) is 0 Å². The lowest BCUT2D eigenvalue weighted by atomic mass is 10.0. The molecule has 0 unspecified atom stereocenters. The van der Waals surface area contributed by atoms with Gasteiger partial charge in [-0.05, 0) is 43.5 Å². The Balaban J connectivity index is 2.15. The molecule has 2 rings (SSSR count). The molecule has 0 saturated heterocycles. The van der Waals surface area contributed by atoms with Crippen LogP contribution in [0.15, 0.2) is 24.3 Å². The molecule has 0 atom stereocenters. The molecule has 26 heavy (non-hydrogen) atoms. The van der Waals surface area contributed by atoms with E-state index in [1.165, 1.54) is 19.1 Å². The fraction of sp³-hybridized carbons (Fsp3) is 0.368. The number of ketones is 1. The summed E-state index contributed by atoms with van der Waals surface area (Å²) >= 11 is 0. The molecule has 4 nitrogen and oxygen atoms in total. The number of halogens is 3. The molecule has 0 aliphatic carbocycles. The fourth-order valence-electron chi connectivity index (χ4n) is 2.93. The van der Waals surface area contributed by atoms with Gasteiger partial charge in [0.1, 0.15) is 5.69 Å². The summed E-state index contributed by atoms with van der Waals surface area (Å²) in [5, 5.41) is 2.69. The Morgan fingerprint density at radius 1 is 1.15 bits per heavy atom. The minimum absolute atomic E-state index is 0.0933. The molecule has 0 fully saturated rings. The second-order valence-corrected chi connectivity index (χ2v) is 6.16. The molecule has 0 spiro atoms. The number of alkyl halides is 3. The Kier molecular flexibility index (Phi) is 5.90. The molecule has 7 heteroatoms. The van der Waals surface area contributed by atoms with Crippen LogP contribution in [-0.2, 0) is 19.1 Å². The van der Waals surface area contributed by atoms with Gasteiger partial charge in [-0.15, -0.1) is 0 Å². The van der Waals surface area contributed by atoms with Gasteiger partial charge in [-0.25, -0.2) is 0 Å². The number of carbonyl (C=O) groups is 2. The van der Waals surface area contributed by atoms with Crippen molar-refractivity contribution in [1.82, 2.24) is 10.3 Å². The van der Waals surface area contributed by atoms with Gasteiger partial charge in [0.25, 0.3) is 5.91 Å². The normalized spacial score (nSPS) is 11.5. The maximum atomic E-state index is 12.6. The second-order valence-electron chi connectivity index (χ2n) is 6.16. The Bertz CT molecular complexity index is 805. The highest BCUT2D eigenvalue weighted by Crippen LogP contribution is 2.29. The van der Waals surface area contributed by atoms with E-state index in [9.17, 15) is 22.8 Å². The topological polar surface area (TPSA) is 62.0 Å². The average Bonchev–Trinajstić information content (AvgIpc) is 2.89. The number of carbonyl (C=O) groups excluding carboxylic acids is 2. The summed E-state index contributed by atoms with van der Waals surface area (Å²) in [5.74, 6) is -0.493. The van der Waals surface area contributed by atoms with Gasteiger partial charge in [-0.2, -0.15) is 13.2 Å². The summed E-state index contributed by atoms with van der Waals surface area (Å²) in [6, 6.07) is 4.63. The molecule has 0 aliphatic rings. The van der Waals surface area contributed by atoms with E-state index >= 15 is 0 Å². The number of Topliss-reactive ketones (excluding diaryl/α,β-unsaturated/α-hetero) is 1. The third-order valence-corrected chi connectivity index (χ3v) is 4.10. The molecule has 0 radical (unpaired) electrons. The predicted molar refractivity (Wildman–Crippen MR) is 92.1 cm³/mol. The van der Waals surface area contributed by atoms with Crippen LogP contribution in [0.2, 0.25) is 0 Å². The summed E-state index contributed by atoms with van der Waals surface area (Å²) < 4.78 is 37.7. The molecular weight excluding hydrogens is 345 g/mol. The van der Waals surface area contributed by atoms with Crippen molar-refractivity contribution in [1.29, 1.82) is 0 Å². The second kappa shape index (κ2) is 7.76. The lowest BCUT2D eigenvalue weighted by Crippen LogP contribution is -2.24. The van der Waals surface area contributed by atoms with Crippen LogP contribution in [0.3, 0.4) is 0 Å². The number of hydrogen-bond donors (Lipinski definition) is 2. The van der Waals surface area contributed by atoms with Gasteiger partial charge in [0.05, 0.1) is 5.56 Å². The number of amides is 1. The van der Waals surface area contributed by atoms with Crippen molar-refractivity contribution >= 4 is 11.7 Å². The van der Waals surface area contributed by atoms with Crippen LogP contribution in [0.4, 0.5) is 13.2 Å². The first-order valence-electron chi connectivity index (χ1n) is 8.31. The van der Waals surface area contributed by atoms with E-state index in [0.29, 0.717) is 34.5 Å². The standard InChI is InChI=1S/C19H21F3N2O2/c1-4-5-15-16(12(3)25)11(2)24-17(15)18(26)23-10-13-6-8-14(9-7-13)19(20,21)22/h6-9,24H,4-5,10H2,1-3H3,(H,23,26). The first-order chi connectivity index (χ1) is 12.1. The highest BCUT2D eigenvalue weighted by molar-refractivity contribution is 6.02. The zero-order valence-corrected chi connectivity index (χ0v) is 14.9. The van der Waals surface area contributed by atoms with Gasteiger partial charge in [-0.1, -0.05) is 25.5 Å². The molecule has 1 aromatic carbocycles. The minimum atomic E-state index is -4.39. The molecule has 1 heterocycles. The summed E-state index contributed by atoms with van der Waals surface area (Å²) in [6.07, 6.45) is -3.03. The molecule has 2 aromatic rings. The van der Waals surface area contributed by atoms with Gasteiger partial charge in [0.15, 0.2) is 5.78 Å². The number of H-pyrrole nitrogens is 1. The van der Waals surface area contributed by atoms with Gasteiger partial charge in [0.2, 0.25) is 0 Å². The number of aromatic nitrogens is 1. The number of benzene rings is 1. The maximum Gasteiger partial charge on any atom is 0.416 e. The summed E-state index contributed by atoms with van der Waals surface area (Å²) in [6.45, 7) is 5.24. The number of aryl methyl sites for hydroxylation is 1. The van der Waals surface area contributed by atoms with E-state index in [1.807, 2.05) is 6.92 Å². The Hall–Kier alpha value is -2.57. The molecule has 1 aromatic heterocycles. The van der Waals surface area contributed by atoms with Crippen molar-refractivity contribution < 1.29 is 22.8 Å². The third kappa shape index (κ3) is 4.33.